The van der Waals surface area contributed by atoms with Crippen molar-refractivity contribution >= 4 is 5.97 Å². The van der Waals surface area contributed by atoms with Crippen LogP contribution in [-0.2, 0) is 4.79 Å². The van der Waals surface area contributed by atoms with Gasteiger partial charge in [0.2, 0.25) is 0 Å². The van der Waals surface area contributed by atoms with Crippen LogP contribution in [0.5, 0.6) is 0 Å². The first-order chi connectivity index (χ1) is 11.2. The average molecular weight is 328 g/mol. The van der Waals surface area contributed by atoms with Crippen LogP contribution in [0.3, 0.4) is 0 Å². The topological polar surface area (TPSA) is 37.3 Å². The van der Waals surface area contributed by atoms with E-state index in [2.05, 4.69) is 46.4 Å². The van der Waals surface area contributed by atoms with Gasteiger partial charge in [-0.15, -0.1) is 0 Å². The third-order valence-corrected chi connectivity index (χ3v) is 4.88. The van der Waals surface area contributed by atoms with Crippen molar-refractivity contribution in [3.05, 3.63) is 59.3 Å². The number of hydrogen-bond acceptors (Lipinski definition) is 1. The lowest BCUT2D eigenvalue weighted by Crippen LogP contribution is -2.19. The SMILES string of the molecule is C=C(/C=C/C=C(C)/C=C/C1=C(C)CCCC1(C)C)C(CC)C(=O)O. The van der Waals surface area contributed by atoms with Gasteiger partial charge in [0.25, 0.3) is 0 Å². The summed E-state index contributed by atoms with van der Waals surface area (Å²) in [6, 6.07) is 0. The van der Waals surface area contributed by atoms with Crippen LogP contribution in [0.4, 0.5) is 0 Å². The number of carbonyl (C=O) groups is 1. The average Bonchev–Trinajstić information content (AvgIpc) is 2.46. The number of carboxylic acid groups (broad SMARTS) is 1. The summed E-state index contributed by atoms with van der Waals surface area (Å²) in [5, 5.41) is 9.13. The molecule has 1 rings (SSSR count). The Morgan fingerprint density at radius 2 is 2.04 bits per heavy atom. The van der Waals surface area contributed by atoms with Gasteiger partial charge < -0.3 is 5.11 Å². The molecule has 0 saturated heterocycles. The summed E-state index contributed by atoms with van der Waals surface area (Å²) in [6.07, 6.45) is 14.3. The Labute approximate surface area is 147 Å². The monoisotopic (exact) mass is 328 g/mol. The molecule has 1 aliphatic rings. The number of carboxylic acids is 1. The predicted octanol–water partition coefficient (Wildman–Crippen LogP) is 6.24. The molecule has 1 unspecified atom stereocenters. The Kier molecular flexibility index (Phi) is 7.47. The molecular weight excluding hydrogens is 296 g/mol. The molecule has 1 N–H and O–H groups in total. The summed E-state index contributed by atoms with van der Waals surface area (Å²) in [6.45, 7) is 14.7. The van der Waals surface area contributed by atoms with E-state index in [-0.39, 0.29) is 5.41 Å². The fourth-order valence-electron chi connectivity index (χ4n) is 3.32. The van der Waals surface area contributed by atoms with Gasteiger partial charge in [-0.25, -0.2) is 0 Å². The van der Waals surface area contributed by atoms with Crippen molar-refractivity contribution in [1.82, 2.24) is 0 Å². The van der Waals surface area contributed by atoms with E-state index >= 15 is 0 Å². The molecule has 0 spiro atoms. The highest BCUT2D eigenvalue weighted by molar-refractivity contribution is 5.74. The molecule has 0 aromatic carbocycles. The van der Waals surface area contributed by atoms with Gasteiger partial charge in [-0.2, -0.15) is 0 Å². The molecule has 24 heavy (non-hydrogen) atoms. The second-order valence-electron chi connectivity index (χ2n) is 7.41. The molecule has 0 saturated carbocycles. The zero-order chi connectivity index (χ0) is 18.3. The lowest BCUT2D eigenvalue weighted by Gasteiger charge is -2.32. The Morgan fingerprint density at radius 1 is 1.38 bits per heavy atom. The van der Waals surface area contributed by atoms with Crippen LogP contribution < -0.4 is 0 Å². The number of hydrogen-bond donors (Lipinski definition) is 1. The second kappa shape index (κ2) is 8.86. The standard InChI is InChI=1S/C22H32O2/c1-7-19(21(23)24)17(3)11-8-10-16(2)13-14-20-18(4)12-9-15-22(20,5)6/h8,10-11,13-14,19H,3,7,9,12,15H2,1-2,4-6H3,(H,23,24)/b11-8+,14-13+,16-10+. The first kappa shape index (κ1) is 20.2. The normalized spacial score (nSPS) is 20.0. The van der Waals surface area contributed by atoms with Crippen LogP contribution >= 0.6 is 0 Å². The van der Waals surface area contributed by atoms with Gasteiger partial charge in [-0.1, -0.05) is 68.9 Å². The molecular formula is C22H32O2. The van der Waals surface area contributed by atoms with E-state index in [0.717, 1.165) is 5.57 Å². The first-order valence-electron chi connectivity index (χ1n) is 8.84. The largest absolute Gasteiger partial charge is 0.481 e. The van der Waals surface area contributed by atoms with Crippen molar-refractivity contribution in [1.29, 1.82) is 0 Å². The third kappa shape index (κ3) is 5.67. The highest BCUT2D eigenvalue weighted by atomic mass is 16.4. The van der Waals surface area contributed by atoms with Crippen LogP contribution in [0, 0.1) is 11.3 Å². The first-order valence-corrected chi connectivity index (χ1v) is 8.84. The minimum atomic E-state index is -0.810. The summed E-state index contributed by atoms with van der Waals surface area (Å²) >= 11 is 0. The van der Waals surface area contributed by atoms with Gasteiger partial charge in [0, 0.05) is 0 Å². The minimum Gasteiger partial charge on any atom is -0.481 e. The quantitative estimate of drug-likeness (QED) is 0.562. The summed E-state index contributed by atoms with van der Waals surface area (Å²) < 4.78 is 0. The van der Waals surface area contributed by atoms with Crippen LogP contribution in [0.25, 0.3) is 0 Å². The number of aliphatic carboxylic acids is 1. The number of allylic oxidation sites excluding steroid dienone is 8. The van der Waals surface area contributed by atoms with Crippen molar-refractivity contribution in [2.45, 2.75) is 60.3 Å². The van der Waals surface area contributed by atoms with Gasteiger partial charge >= 0.3 is 5.97 Å². The zero-order valence-electron chi connectivity index (χ0n) is 15.9. The maximum absolute atomic E-state index is 11.1. The smallest absolute Gasteiger partial charge is 0.310 e. The molecule has 0 heterocycles. The molecule has 2 heteroatoms. The summed E-state index contributed by atoms with van der Waals surface area (Å²) in [5.74, 6) is -1.31. The van der Waals surface area contributed by atoms with Gasteiger partial charge in [0.15, 0.2) is 0 Å². The minimum absolute atomic E-state index is 0.249. The maximum atomic E-state index is 11.1. The maximum Gasteiger partial charge on any atom is 0.310 e. The van der Waals surface area contributed by atoms with E-state index in [4.69, 9.17) is 5.11 Å². The predicted molar refractivity (Wildman–Crippen MR) is 103 cm³/mol. The van der Waals surface area contributed by atoms with Gasteiger partial charge in [0.05, 0.1) is 5.92 Å². The molecule has 0 fully saturated rings. The molecule has 0 amide bonds. The fourth-order valence-corrected chi connectivity index (χ4v) is 3.32. The lowest BCUT2D eigenvalue weighted by atomic mass is 9.72. The van der Waals surface area contributed by atoms with Crippen molar-refractivity contribution in [3.8, 4) is 0 Å². The van der Waals surface area contributed by atoms with Gasteiger partial charge in [-0.3, -0.25) is 4.79 Å². The summed E-state index contributed by atoms with van der Waals surface area (Å²) in [5.41, 5.74) is 4.98. The van der Waals surface area contributed by atoms with Crippen molar-refractivity contribution in [2.24, 2.45) is 11.3 Å². The highest BCUT2D eigenvalue weighted by Crippen LogP contribution is 2.40. The van der Waals surface area contributed by atoms with E-state index in [0.29, 0.717) is 12.0 Å². The van der Waals surface area contributed by atoms with E-state index in [1.807, 2.05) is 19.1 Å². The molecule has 0 aromatic rings. The molecule has 1 atom stereocenters. The Bertz CT molecular complexity index is 597. The Hall–Kier alpha value is -1.83. The molecule has 0 aliphatic heterocycles. The summed E-state index contributed by atoms with van der Waals surface area (Å²) in [4.78, 5) is 11.1. The number of rotatable bonds is 7. The zero-order valence-corrected chi connectivity index (χ0v) is 15.9. The van der Waals surface area contributed by atoms with E-state index in [9.17, 15) is 4.79 Å². The van der Waals surface area contributed by atoms with Crippen LogP contribution in [0.1, 0.15) is 60.3 Å². The van der Waals surface area contributed by atoms with Gasteiger partial charge in [0.1, 0.15) is 0 Å². The van der Waals surface area contributed by atoms with E-state index in [1.54, 1.807) is 6.08 Å². The Balaban J connectivity index is 2.79. The highest BCUT2D eigenvalue weighted by Gasteiger charge is 2.26. The van der Waals surface area contributed by atoms with Crippen molar-refractivity contribution in [2.75, 3.05) is 0 Å². The molecule has 132 valence electrons. The third-order valence-electron chi connectivity index (χ3n) is 4.88. The molecule has 1 aliphatic carbocycles. The van der Waals surface area contributed by atoms with Crippen LogP contribution in [0.15, 0.2) is 59.3 Å². The lowest BCUT2D eigenvalue weighted by molar-refractivity contribution is -0.140. The van der Waals surface area contributed by atoms with E-state index < -0.39 is 11.9 Å². The van der Waals surface area contributed by atoms with Crippen molar-refractivity contribution in [3.63, 3.8) is 0 Å². The molecule has 0 bridgehead atoms. The van der Waals surface area contributed by atoms with E-state index in [1.165, 1.54) is 30.4 Å². The van der Waals surface area contributed by atoms with Crippen LogP contribution in [-0.4, -0.2) is 11.1 Å². The van der Waals surface area contributed by atoms with Crippen molar-refractivity contribution < 1.29 is 9.90 Å². The fraction of sp³-hybridized carbons (Fsp3) is 0.500. The molecule has 0 aromatic heterocycles. The van der Waals surface area contributed by atoms with Crippen LogP contribution in [0.2, 0.25) is 0 Å². The molecule has 2 nitrogen and oxygen atoms in total. The molecule has 0 radical (unpaired) electrons. The Morgan fingerprint density at radius 3 is 2.58 bits per heavy atom. The summed E-state index contributed by atoms with van der Waals surface area (Å²) in [7, 11) is 0. The second-order valence-corrected chi connectivity index (χ2v) is 7.41. The van der Waals surface area contributed by atoms with Gasteiger partial charge in [-0.05, 0) is 56.1 Å².